The molecule has 0 spiro atoms. The maximum atomic E-state index is 12.5. The highest BCUT2D eigenvalue weighted by atomic mass is 16.5. The van der Waals surface area contributed by atoms with E-state index in [4.69, 9.17) is 18.9 Å². The lowest BCUT2D eigenvalue weighted by molar-refractivity contribution is -0.144. The molecular weight excluding hydrogens is 596 g/mol. The van der Waals surface area contributed by atoms with E-state index in [1.54, 1.807) is 6.92 Å². The van der Waals surface area contributed by atoms with Gasteiger partial charge in [-0.1, -0.05) is 85.8 Å². The molecule has 0 saturated carbocycles. The first kappa shape index (κ1) is 35.9. The number of hydrogen-bond acceptors (Lipinski definition) is 8. The zero-order chi connectivity index (χ0) is 33.3. The lowest BCUT2D eigenvalue weighted by atomic mass is 9.88. The van der Waals surface area contributed by atoms with Crippen LogP contribution in [-0.2, 0) is 44.5 Å². The predicted octanol–water partition coefficient (Wildman–Crippen LogP) is 6.32. The maximum absolute atomic E-state index is 12.5. The molecule has 1 aliphatic rings. The lowest BCUT2D eigenvalue weighted by Crippen LogP contribution is -2.21. The zero-order valence-corrected chi connectivity index (χ0v) is 27.3. The fourth-order valence-corrected chi connectivity index (χ4v) is 5.85. The van der Waals surface area contributed by atoms with Crippen molar-refractivity contribution in [1.29, 1.82) is 0 Å². The van der Waals surface area contributed by atoms with E-state index in [1.165, 1.54) is 22.3 Å². The lowest BCUT2D eigenvalue weighted by Gasteiger charge is -2.14. The van der Waals surface area contributed by atoms with Crippen LogP contribution in [0.3, 0.4) is 0 Å². The van der Waals surface area contributed by atoms with Crippen LogP contribution in [0.5, 0.6) is 0 Å². The van der Waals surface area contributed by atoms with Crippen LogP contribution in [0.25, 0.3) is 11.1 Å². The van der Waals surface area contributed by atoms with Gasteiger partial charge in [0.2, 0.25) is 0 Å². The molecule has 0 aliphatic heterocycles. The van der Waals surface area contributed by atoms with Gasteiger partial charge in [-0.05, 0) is 40.7 Å². The molecule has 8 nitrogen and oxygen atoms in total. The highest BCUT2D eigenvalue weighted by Crippen LogP contribution is 2.44. The number of fused-ring (bicyclic) bond motifs is 3. The van der Waals surface area contributed by atoms with Crippen molar-refractivity contribution in [3.05, 3.63) is 95.6 Å². The van der Waals surface area contributed by atoms with Gasteiger partial charge in [-0.25, -0.2) is 0 Å². The van der Waals surface area contributed by atoms with Crippen LogP contribution in [0.4, 0.5) is 0 Å². The van der Waals surface area contributed by atoms with Crippen molar-refractivity contribution in [1.82, 2.24) is 0 Å². The fraction of sp³-hybridized carbons (Fsp3) is 0.436. The molecule has 8 heteroatoms. The van der Waals surface area contributed by atoms with E-state index in [9.17, 15) is 19.2 Å². The van der Waals surface area contributed by atoms with Crippen molar-refractivity contribution in [3.8, 4) is 11.1 Å². The summed E-state index contributed by atoms with van der Waals surface area (Å²) in [6.45, 7) is 3.81. The van der Waals surface area contributed by atoms with Gasteiger partial charge < -0.3 is 18.9 Å². The molecule has 1 aliphatic carbocycles. The molecule has 1 atom stereocenters. The standard InChI is InChI=1S/C39H46O8/c1-2-38(42)30(25-29-11-4-3-5-12-29)26-31(40)18-19-32(41)27-46-24-23-45-22-21-44-20-10-17-39(43)47-28-37-35-15-8-6-13-33(35)34-14-7-9-16-36(34)37/h3-9,11-16,30,37H,2,10,17-28H2,1H3. The van der Waals surface area contributed by atoms with Crippen LogP contribution < -0.4 is 0 Å². The van der Waals surface area contributed by atoms with Gasteiger partial charge in [0.1, 0.15) is 24.8 Å². The molecule has 3 aromatic carbocycles. The van der Waals surface area contributed by atoms with Gasteiger partial charge in [-0.2, -0.15) is 0 Å². The van der Waals surface area contributed by atoms with Crippen LogP contribution >= 0.6 is 0 Å². The van der Waals surface area contributed by atoms with Gasteiger partial charge in [0.25, 0.3) is 0 Å². The van der Waals surface area contributed by atoms with Crippen LogP contribution in [0.1, 0.15) is 68.1 Å². The summed E-state index contributed by atoms with van der Waals surface area (Å²) in [5.74, 6) is -0.707. The van der Waals surface area contributed by atoms with Gasteiger partial charge in [0.15, 0.2) is 5.78 Å². The maximum Gasteiger partial charge on any atom is 0.305 e. The Kier molecular flexibility index (Phi) is 15.0. The minimum absolute atomic E-state index is 0.0536. The van der Waals surface area contributed by atoms with E-state index in [2.05, 4.69) is 24.3 Å². The second-order valence-electron chi connectivity index (χ2n) is 11.8. The van der Waals surface area contributed by atoms with Crippen LogP contribution in [-0.4, -0.2) is 69.6 Å². The summed E-state index contributed by atoms with van der Waals surface area (Å²) in [6, 6.07) is 26.2. The number of esters is 1. The van der Waals surface area contributed by atoms with Gasteiger partial charge in [-0.3, -0.25) is 19.2 Å². The zero-order valence-electron chi connectivity index (χ0n) is 27.3. The van der Waals surface area contributed by atoms with Crippen molar-refractivity contribution in [2.24, 2.45) is 5.92 Å². The molecule has 47 heavy (non-hydrogen) atoms. The second kappa shape index (κ2) is 19.6. The van der Waals surface area contributed by atoms with Gasteiger partial charge >= 0.3 is 5.97 Å². The molecule has 0 heterocycles. The Bertz CT molecular complexity index is 1400. The van der Waals surface area contributed by atoms with Crippen molar-refractivity contribution in [2.75, 3.05) is 46.2 Å². The molecule has 4 rings (SSSR count). The van der Waals surface area contributed by atoms with E-state index in [-0.39, 0.29) is 74.1 Å². The highest BCUT2D eigenvalue weighted by Gasteiger charge is 2.29. The molecule has 0 fully saturated rings. The first-order valence-corrected chi connectivity index (χ1v) is 16.6. The predicted molar refractivity (Wildman–Crippen MR) is 179 cm³/mol. The van der Waals surface area contributed by atoms with Gasteiger partial charge in [0.05, 0.1) is 26.4 Å². The van der Waals surface area contributed by atoms with E-state index in [0.717, 1.165) is 5.56 Å². The molecule has 0 aromatic heterocycles. The largest absolute Gasteiger partial charge is 0.465 e. The normalized spacial score (nSPS) is 12.7. The number of hydrogen-bond donors (Lipinski definition) is 0. The molecule has 0 saturated heterocycles. The number of carbonyl (C=O) groups excluding carboxylic acids is 4. The van der Waals surface area contributed by atoms with Crippen molar-refractivity contribution < 1.29 is 38.1 Å². The van der Waals surface area contributed by atoms with Crippen LogP contribution in [0, 0.1) is 5.92 Å². The monoisotopic (exact) mass is 642 g/mol. The molecule has 0 bridgehead atoms. The van der Waals surface area contributed by atoms with E-state index in [1.807, 2.05) is 54.6 Å². The third kappa shape index (κ3) is 11.6. The first-order valence-electron chi connectivity index (χ1n) is 16.6. The molecular formula is C39H46O8. The summed E-state index contributed by atoms with van der Waals surface area (Å²) in [7, 11) is 0. The Labute approximate surface area is 277 Å². The SMILES string of the molecule is CCC(=O)C(CC(=O)CCC(=O)COCCOCCOCCCC(=O)OCC1c2ccccc2-c2ccccc21)Cc1ccccc1. The highest BCUT2D eigenvalue weighted by molar-refractivity contribution is 5.90. The average molecular weight is 643 g/mol. The molecule has 0 amide bonds. The number of benzene rings is 3. The second-order valence-corrected chi connectivity index (χ2v) is 11.8. The average Bonchev–Trinajstić information content (AvgIpc) is 3.42. The molecule has 3 aromatic rings. The Morgan fingerprint density at radius 3 is 1.89 bits per heavy atom. The van der Waals surface area contributed by atoms with Crippen molar-refractivity contribution >= 4 is 23.3 Å². The fourth-order valence-electron chi connectivity index (χ4n) is 5.85. The van der Waals surface area contributed by atoms with Gasteiger partial charge in [-0.15, -0.1) is 0 Å². The Hall–Kier alpha value is -3.98. The van der Waals surface area contributed by atoms with Gasteiger partial charge in [0, 0.05) is 50.5 Å². The molecule has 0 radical (unpaired) electrons. The Morgan fingerprint density at radius 1 is 0.660 bits per heavy atom. The third-order valence-corrected chi connectivity index (χ3v) is 8.34. The quantitative estimate of drug-likeness (QED) is 0.0875. The number of Topliss-reactive ketones (excluding diaryl/α,β-unsaturated/α-hetero) is 3. The summed E-state index contributed by atoms with van der Waals surface area (Å²) in [4.78, 5) is 49.4. The van der Waals surface area contributed by atoms with E-state index >= 15 is 0 Å². The number of carbonyl (C=O) groups is 4. The van der Waals surface area contributed by atoms with Crippen molar-refractivity contribution in [3.63, 3.8) is 0 Å². The number of rotatable bonds is 23. The Morgan fingerprint density at radius 2 is 1.23 bits per heavy atom. The first-order chi connectivity index (χ1) is 23.0. The summed E-state index contributed by atoms with van der Waals surface area (Å²) in [5, 5.41) is 0. The third-order valence-electron chi connectivity index (χ3n) is 8.34. The van der Waals surface area contributed by atoms with E-state index in [0.29, 0.717) is 52.3 Å². The molecule has 0 N–H and O–H groups in total. The topological polar surface area (TPSA) is 105 Å². The minimum atomic E-state index is -0.358. The molecule has 1 unspecified atom stereocenters. The van der Waals surface area contributed by atoms with Crippen LogP contribution in [0.2, 0.25) is 0 Å². The van der Waals surface area contributed by atoms with E-state index < -0.39 is 0 Å². The number of ketones is 3. The number of ether oxygens (including phenoxy) is 4. The summed E-state index contributed by atoms with van der Waals surface area (Å²) < 4.78 is 22.0. The summed E-state index contributed by atoms with van der Waals surface area (Å²) in [6.07, 6.45) is 2.13. The summed E-state index contributed by atoms with van der Waals surface area (Å²) in [5.41, 5.74) is 5.82. The smallest absolute Gasteiger partial charge is 0.305 e. The molecule has 250 valence electrons. The van der Waals surface area contributed by atoms with Crippen molar-refractivity contribution in [2.45, 2.75) is 57.8 Å². The summed E-state index contributed by atoms with van der Waals surface area (Å²) >= 11 is 0. The van der Waals surface area contributed by atoms with Crippen LogP contribution in [0.15, 0.2) is 78.9 Å². The Balaban J connectivity index is 0.972. The minimum Gasteiger partial charge on any atom is -0.465 e.